The van der Waals surface area contributed by atoms with E-state index in [9.17, 15) is 10.1 Å². The molecule has 1 aromatic heterocycles. The molecular formula is C16H16N4O2S. The summed E-state index contributed by atoms with van der Waals surface area (Å²) in [5, 5.41) is 17.6. The Morgan fingerprint density at radius 3 is 3.13 bits per heavy atom. The lowest BCUT2D eigenvalue weighted by atomic mass is 9.96. The first kappa shape index (κ1) is 15.4. The van der Waals surface area contributed by atoms with Crippen molar-refractivity contribution in [2.45, 2.75) is 19.3 Å². The number of non-ortho nitro benzene ring substituents is 1. The van der Waals surface area contributed by atoms with Gasteiger partial charge in [0.25, 0.3) is 5.69 Å². The van der Waals surface area contributed by atoms with Gasteiger partial charge in [-0.15, -0.1) is 11.3 Å². The lowest BCUT2D eigenvalue weighted by molar-refractivity contribution is -0.384. The molecular weight excluding hydrogens is 312 g/mol. The van der Waals surface area contributed by atoms with Gasteiger partial charge in [0.1, 0.15) is 0 Å². The van der Waals surface area contributed by atoms with E-state index in [1.165, 1.54) is 23.5 Å². The van der Waals surface area contributed by atoms with E-state index < -0.39 is 4.92 Å². The molecule has 1 aliphatic carbocycles. The van der Waals surface area contributed by atoms with Gasteiger partial charge < -0.3 is 0 Å². The highest BCUT2D eigenvalue weighted by atomic mass is 32.1. The van der Waals surface area contributed by atoms with Gasteiger partial charge in [0.05, 0.1) is 10.6 Å². The molecule has 0 amide bonds. The number of thiazole rings is 1. The molecule has 118 valence electrons. The van der Waals surface area contributed by atoms with Gasteiger partial charge in [-0.1, -0.05) is 24.3 Å². The first-order valence-electron chi connectivity index (χ1n) is 7.37. The molecule has 1 aliphatic rings. The number of hydrazone groups is 1. The maximum Gasteiger partial charge on any atom is 0.270 e. The topological polar surface area (TPSA) is 80.4 Å². The number of hydrogen-bond donors (Lipinski definition) is 1. The molecule has 0 saturated heterocycles. The van der Waals surface area contributed by atoms with E-state index in [0.29, 0.717) is 16.7 Å². The highest BCUT2D eigenvalue weighted by Gasteiger charge is 2.10. The summed E-state index contributed by atoms with van der Waals surface area (Å²) >= 11 is 1.43. The maximum absolute atomic E-state index is 10.8. The van der Waals surface area contributed by atoms with Crippen LogP contribution in [0, 0.1) is 16.0 Å². The van der Waals surface area contributed by atoms with Crippen LogP contribution < -0.4 is 5.43 Å². The molecule has 0 fully saturated rings. The van der Waals surface area contributed by atoms with E-state index in [4.69, 9.17) is 0 Å². The normalized spacial score (nSPS) is 17.5. The van der Waals surface area contributed by atoms with Crippen LogP contribution in [-0.4, -0.2) is 16.1 Å². The molecule has 3 rings (SSSR count). The first-order chi connectivity index (χ1) is 11.2. The van der Waals surface area contributed by atoms with Gasteiger partial charge in [0.15, 0.2) is 0 Å². The van der Waals surface area contributed by atoms with Crippen LogP contribution in [0.4, 0.5) is 10.8 Å². The number of aromatic nitrogens is 1. The SMILES string of the molecule is O=[N+]([O-])c1cccc(-c2csc(N/N=C\[C@H]3CC=CCC3)n2)c1. The number of anilines is 1. The molecule has 7 heteroatoms. The molecule has 0 radical (unpaired) electrons. The van der Waals surface area contributed by atoms with Gasteiger partial charge in [-0.25, -0.2) is 4.98 Å². The minimum Gasteiger partial charge on any atom is -0.258 e. The standard InChI is InChI=1S/C16H16N4O2S/c21-20(22)14-8-4-7-13(9-14)15-11-23-16(18-15)19-17-10-12-5-2-1-3-6-12/h1-2,4,7-12H,3,5-6H2,(H,18,19)/b17-10-/t12-/m0/s1. The summed E-state index contributed by atoms with van der Waals surface area (Å²) in [7, 11) is 0. The number of rotatable bonds is 5. The van der Waals surface area contributed by atoms with Crippen LogP contribution in [0.25, 0.3) is 11.3 Å². The zero-order valence-electron chi connectivity index (χ0n) is 12.4. The molecule has 23 heavy (non-hydrogen) atoms. The van der Waals surface area contributed by atoms with Gasteiger partial charge in [-0.05, 0) is 25.2 Å². The fraction of sp³-hybridized carbons (Fsp3) is 0.250. The quantitative estimate of drug-likeness (QED) is 0.380. The molecule has 1 aromatic carbocycles. The van der Waals surface area contributed by atoms with Gasteiger partial charge in [-0.2, -0.15) is 5.10 Å². The van der Waals surface area contributed by atoms with Crippen LogP contribution in [0.1, 0.15) is 19.3 Å². The fourth-order valence-corrected chi connectivity index (χ4v) is 3.06. The zero-order valence-corrected chi connectivity index (χ0v) is 13.2. The second-order valence-corrected chi connectivity index (χ2v) is 6.14. The van der Waals surface area contributed by atoms with Crippen molar-refractivity contribution in [3.8, 4) is 11.3 Å². The van der Waals surface area contributed by atoms with E-state index >= 15 is 0 Å². The first-order valence-corrected chi connectivity index (χ1v) is 8.25. The molecule has 0 spiro atoms. The Bertz CT molecular complexity index is 754. The third-order valence-corrected chi connectivity index (χ3v) is 4.36. The lowest BCUT2D eigenvalue weighted by Gasteiger charge is -2.11. The number of benzene rings is 1. The largest absolute Gasteiger partial charge is 0.270 e. The molecule has 0 unspecified atom stereocenters. The van der Waals surface area contributed by atoms with Crippen LogP contribution in [-0.2, 0) is 0 Å². The molecule has 2 aromatic rings. The minimum absolute atomic E-state index is 0.0633. The van der Waals surface area contributed by atoms with Crippen LogP contribution >= 0.6 is 11.3 Å². The minimum atomic E-state index is -0.405. The molecule has 1 N–H and O–H groups in total. The average Bonchev–Trinajstić information content (AvgIpc) is 3.05. The van der Waals surface area contributed by atoms with E-state index in [1.54, 1.807) is 6.07 Å². The lowest BCUT2D eigenvalue weighted by Crippen LogP contribution is -2.04. The Morgan fingerprint density at radius 1 is 1.43 bits per heavy atom. The smallest absolute Gasteiger partial charge is 0.258 e. The molecule has 1 atom stereocenters. The summed E-state index contributed by atoms with van der Waals surface area (Å²) < 4.78 is 0. The van der Waals surface area contributed by atoms with Crippen LogP contribution in [0.3, 0.4) is 0 Å². The molecule has 0 saturated carbocycles. The Kier molecular flexibility index (Phi) is 4.77. The summed E-state index contributed by atoms with van der Waals surface area (Å²) in [6, 6.07) is 6.46. The summed E-state index contributed by atoms with van der Waals surface area (Å²) in [5.74, 6) is 0.476. The van der Waals surface area contributed by atoms with Gasteiger partial charge in [0, 0.05) is 29.3 Å². The summed E-state index contributed by atoms with van der Waals surface area (Å²) in [6.07, 6.45) is 9.57. The van der Waals surface area contributed by atoms with Crippen LogP contribution in [0.5, 0.6) is 0 Å². The Morgan fingerprint density at radius 2 is 2.35 bits per heavy atom. The number of hydrogen-bond acceptors (Lipinski definition) is 6. The van der Waals surface area contributed by atoms with Crippen molar-refractivity contribution in [1.82, 2.24) is 4.98 Å². The monoisotopic (exact) mass is 328 g/mol. The average molecular weight is 328 g/mol. The number of nitrogens with zero attached hydrogens (tertiary/aromatic N) is 3. The van der Waals surface area contributed by atoms with Crippen LogP contribution in [0.2, 0.25) is 0 Å². The van der Waals surface area contributed by atoms with E-state index in [0.717, 1.165) is 24.8 Å². The molecule has 0 aliphatic heterocycles. The number of nitrogens with one attached hydrogen (secondary N) is 1. The zero-order chi connectivity index (χ0) is 16.1. The third kappa shape index (κ3) is 4.01. The van der Waals surface area contributed by atoms with Crippen LogP contribution in [0.15, 0.2) is 46.9 Å². The summed E-state index contributed by atoms with van der Waals surface area (Å²) in [6.45, 7) is 0. The van der Waals surface area contributed by atoms with Gasteiger partial charge in [0.2, 0.25) is 5.13 Å². The van der Waals surface area contributed by atoms with Crippen molar-refractivity contribution < 1.29 is 4.92 Å². The van der Waals surface area contributed by atoms with Crippen molar-refractivity contribution in [3.05, 3.63) is 51.9 Å². The number of allylic oxidation sites excluding steroid dienone is 2. The fourth-order valence-electron chi connectivity index (χ4n) is 2.39. The molecule has 6 nitrogen and oxygen atoms in total. The maximum atomic E-state index is 10.8. The van der Waals surface area contributed by atoms with Gasteiger partial charge >= 0.3 is 0 Å². The predicted octanol–water partition coefficient (Wildman–Crippen LogP) is 4.47. The predicted molar refractivity (Wildman–Crippen MR) is 92.8 cm³/mol. The van der Waals surface area contributed by atoms with Gasteiger partial charge in [-0.3, -0.25) is 15.5 Å². The van der Waals surface area contributed by atoms with Crippen molar-refractivity contribution in [1.29, 1.82) is 0 Å². The second-order valence-electron chi connectivity index (χ2n) is 5.28. The van der Waals surface area contributed by atoms with Crippen molar-refractivity contribution in [3.63, 3.8) is 0 Å². The number of nitro groups is 1. The summed E-state index contributed by atoms with van der Waals surface area (Å²) in [4.78, 5) is 14.8. The molecule has 0 bridgehead atoms. The number of nitro benzene ring substituents is 1. The highest BCUT2D eigenvalue weighted by Crippen LogP contribution is 2.27. The molecule has 1 heterocycles. The Balaban J connectivity index is 1.66. The van der Waals surface area contributed by atoms with Crippen molar-refractivity contribution in [2.75, 3.05) is 5.43 Å². The van der Waals surface area contributed by atoms with E-state index in [-0.39, 0.29) is 5.69 Å². The van der Waals surface area contributed by atoms with E-state index in [1.807, 2.05) is 17.7 Å². The Hall–Kier alpha value is -2.54. The van der Waals surface area contributed by atoms with Crippen molar-refractivity contribution in [2.24, 2.45) is 11.0 Å². The highest BCUT2D eigenvalue weighted by molar-refractivity contribution is 7.14. The second kappa shape index (κ2) is 7.15. The third-order valence-electron chi connectivity index (χ3n) is 3.61. The van der Waals surface area contributed by atoms with Crippen molar-refractivity contribution >= 4 is 28.4 Å². The summed E-state index contributed by atoms with van der Waals surface area (Å²) in [5.41, 5.74) is 4.43. The Labute approximate surface area is 137 Å². The van der Waals surface area contributed by atoms with E-state index in [2.05, 4.69) is 27.7 Å².